The van der Waals surface area contributed by atoms with Crippen molar-refractivity contribution in [2.45, 2.75) is 12.2 Å². The van der Waals surface area contributed by atoms with Gasteiger partial charge in [0.1, 0.15) is 0 Å². The molecule has 0 saturated carbocycles. The third kappa shape index (κ3) is 7.54. The highest BCUT2D eigenvalue weighted by atomic mass is 127. The maximum atomic E-state index is 12.7. The van der Waals surface area contributed by atoms with Crippen LogP contribution in [0.2, 0.25) is 0 Å². The number of anilines is 1. The predicted octanol–water partition coefficient (Wildman–Crippen LogP) is -0.929. The molecule has 29 heavy (non-hydrogen) atoms. The fourth-order valence-corrected chi connectivity index (χ4v) is 6.65. The Labute approximate surface area is 208 Å². The molecule has 10 nitrogen and oxygen atoms in total. The molecule has 2 atom stereocenters. The third-order valence-corrected chi connectivity index (χ3v) is 6.84. The number of hydrogen-bond acceptors (Lipinski definition) is 8. The molecule has 0 spiro atoms. The van der Waals surface area contributed by atoms with Gasteiger partial charge < -0.3 is 41.5 Å². The average molecular weight is 749 g/mol. The van der Waals surface area contributed by atoms with Crippen LogP contribution < -0.4 is 16.0 Å². The standard InChI is InChI=1S/C16H22I3N3O7/c17-11-9(15(28)20-1-2-23)12(18)14(21-3-7(26)5-24)13(19)10(11)16(29)22-4-8(27)6-25/h7-8,21,23-27H,1-6H2,(H,20,28)(H,22,29). The Morgan fingerprint density at radius 3 is 1.76 bits per heavy atom. The number of amides is 2. The molecule has 0 heterocycles. The summed E-state index contributed by atoms with van der Waals surface area (Å²) in [5, 5.41) is 54.1. The van der Waals surface area contributed by atoms with Crippen LogP contribution in [-0.4, -0.2) is 89.0 Å². The van der Waals surface area contributed by atoms with Gasteiger partial charge in [-0.05, 0) is 67.8 Å². The van der Waals surface area contributed by atoms with Crippen molar-refractivity contribution in [1.29, 1.82) is 0 Å². The lowest BCUT2D eigenvalue weighted by Gasteiger charge is -2.21. The maximum Gasteiger partial charge on any atom is 0.253 e. The topological polar surface area (TPSA) is 171 Å². The second-order valence-corrected chi connectivity index (χ2v) is 9.05. The number of benzene rings is 1. The van der Waals surface area contributed by atoms with Gasteiger partial charge in [0.25, 0.3) is 11.8 Å². The molecule has 0 fully saturated rings. The van der Waals surface area contributed by atoms with Crippen molar-refractivity contribution >= 4 is 85.3 Å². The number of nitrogens with one attached hydrogen (secondary N) is 3. The summed E-state index contributed by atoms with van der Waals surface area (Å²) >= 11 is 5.78. The molecule has 8 N–H and O–H groups in total. The molecule has 0 bridgehead atoms. The van der Waals surface area contributed by atoms with E-state index in [0.29, 0.717) is 16.4 Å². The number of carbonyl (C=O) groups is 2. The van der Waals surface area contributed by atoms with Crippen LogP contribution in [0.5, 0.6) is 0 Å². The molecule has 0 aliphatic carbocycles. The zero-order valence-corrected chi connectivity index (χ0v) is 21.6. The van der Waals surface area contributed by atoms with Crippen LogP contribution >= 0.6 is 67.8 Å². The lowest BCUT2D eigenvalue weighted by molar-refractivity contribution is 0.0801. The molecule has 0 radical (unpaired) electrons. The van der Waals surface area contributed by atoms with Crippen molar-refractivity contribution < 1.29 is 35.1 Å². The minimum Gasteiger partial charge on any atom is -0.395 e. The van der Waals surface area contributed by atoms with Gasteiger partial charge in [-0.15, -0.1) is 0 Å². The second-order valence-electron chi connectivity index (χ2n) is 5.81. The summed E-state index contributed by atoms with van der Waals surface area (Å²) in [6, 6.07) is 0. The highest BCUT2D eigenvalue weighted by Gasteiger charge is 2.28. The first kappa shape index (κ1) is 27.0. The molecular weight excluding hydrogens is 727 g/mol. The van der Waals surface area contributed by atoms with E-state index in [1.165, 1.54) is 0 Å². The lowest BCUT2D eigenvalue weighted by atomic mass is 10.1. The zero-order valence-electron chi connectivity index (χ0n) is 15.1. The second kappa shape index (κ2) is 13.4. The van der Waals surface area contributed by atoms with Crippen LogP contribution in [0.3, 0.4) is 0 Å². The molecule has 13 heteroatoms. The summed E-state index contributed by atoms with van der Waals surface area (Å²) in [5.74, 6) is -1.04. The normalized spacial score (nSPS) is 13.0. The van der Waals surface area contributed by atoms with E-state index in [1.807, 2.05) is 67.8 Å². The van der Waals surface area contributed by atoms with Crippen molar-refractivity contribution in [2.75, 3.05) is 44.8 Å². The molecule has 2 amide bonds. The molecule has 0 aliphatic heterocycles. The Morgan fingerprint density at radius 1 is 0.793 bits per heavy atom. The molecule has 0 aromatic heterocycles. The van der Waals surface area contributed by atoms with Crippen molar-refractivity contribution in [2.24, 2.45) is 0 Å². The van der Waals surface area contributed by atoms with Gasteiger partial charge in [0.2, 0.25) is 0 Å². The molecule has 2 unspecified atom stereocenters. The molecule has 1 aromatic rings. The largest absolute Gasteiger partial charge is 0.395 e. The van der Waals surface area contributed by atoms with Gasteiger partial charge in [0.15, 0.2) is 0 Å². The quantitative estimate of drug-likeness (QED) is 0.134. The average Bonchev–Trinajstić information content (AvgIpc) is 2.69. The van der Waals surface area contributed by atoms with Crippen LogP contribution in [0.1, 0.15) is 20.7 Å². The van der Waals surface area contributed by atoms with Crippen LogP contribution in [-0.2, 0) is 0 Å². The Kier molecular flexibility index (Phi) is 12.5. The van der Waals surface area contributed by atoms with Gasteiger partial charge in [-0.3, -0.25) is 9.59 Å². The van der Waals surface area contributed by atoms with E-state index < -0.39 is 37.2 Å². The Bertz CT molecular complexity index is 736. The van der Waals surface area contributed by atoms with Gasteiger partial charge in [-0.25, -0.2) is 0 Å². The number of aliphatic hydroxyl groups is 5. The monoisotopic (exact) mass is 749 g/mol. The van der Waals surface area contributed by atoms with Crippen LogP contribution in [0.15, 0.2) is 0 Å². The van der Waals surface area contributed by atoms with Crippen LogP contribution in [0.4, 0.5) is 5.69 Å². The van der Waals surface area contributed by atoms with Crippen LogP contribution in [0.25, 0.3) is 0 Å². The van der Waals surface area contributed by atoms with E-state index in [9.17, 15) is 19.8 Å². The lowest BCUT2D eigenvalue weighted by Crippen LogP contribution is -2.36. The van der Waals surface area contributed by atoms with Crippen molar-refractivity contribution in [3.05, 3.63) is 21.8 Å². The van der Waals surface area contributed by atoms with Gasteiger partial charge in [-0.2, -0.15) is 0 Å². The fourth-order valence-electron chi connectivity index (χ4n) is 2.12. The summed E-state index contributed by atoms with van der Waals surface area (Å²) in [5.41, 5.74) is 0.835. The Balaban J connectivity index is 3.44. The highest BCUT2D eigenvalue weighted by molar-refractivity contribution is 14.1. The molecule has 0 aliphatic rings. The van der Waals surface area contributed by atoms with E-state index in [1.54, 1.807) is 0 Å². The van der Waals surface area contributed by atoms with Gasteiger partial charge >= 0.3 is 0 Å². The maximum absolute atomic E-state index is 12.7. The smallest absolute Gasteiger partial charge is 0.253 e. The number of rotatable bonds is 11. The number of carbonyl (C=O) groups excluding carboxylic acids is 2. The van der Waals surface area contributed by atoms with E-state index in [-0.39, 0.29) is 37.4 Å². The summed E-state index contributed by atoms with van der Waals surface area (Å²) in [7, 11) is 0. The van der Waals surface area contributed by atoms with Gasteiger partial charge in [-0.1, -0.05) is 0 Å². The molecular formula is C16H22I3N3O7. The number of halogens is 3. The van der Waals surface area contributed by atoms with E-state index in [4.69, 9.17) is 15.3 Å². The molecule has 1 rings (SSSR count). The molecule has 1 aromatic carbocycles. The molecule has 164 valence electrons. The highest BCUT2D eigenvalue weighted by Crippen LogP contribution is 2.35. The first-order chi connectivity index (χ1) is 13.7. The van der Waals surface area contributed by atoms with E-state index >= 15 is 0 Å². The number of hydrogen-bond donors (Lipinski definition) is 8. The third-order valence-electron chi connectivity index (χ3n) is 3.60. The van der Waals surface area contributed by atoms with Gasteiger partial charge in [0, 0.05) is 23.2 Å². The first-order valence-electron chi connectivity index (χ1n) is 8.38. The van der Waals surface area contributed by atoms with Gasteiger partial charge in [0.05, 0.1) is 56.0 Å². The van der Waals surface area contributed by atoms with Crippen molar-refractivity contribution in [1.82, 2.24) is 10.6 Å². The Morgan fingerprint density at radius 2 is 1.28 bits per heavy atom. The Hall–Kier alpha value is -0.0500. The van der Waals surface area contributed by atoms with Crippen molar-refractivity contribution in [3.8, 4) is 0 Å². The van der Waals surface area contributed by atoms with E-state index in [0.717, 1.165) is 0 Å². The fraction of sp³-hybridized carbons (Fsp3) is 0.500. The molecule has 0 saturated heterocycles. The minimum atomic E-state index is -1.12. The minimum absolute atomic E-state index is 0.00885. The SMILES string of the molecule is O=C(NCCO)c1c(I)c(NCC(O)CO)c(I)c(C(=O)NCC(O)CO)c1I. The van der Waals surface area contributed by atoms with Crippen molar-refractivity contribution in [3.63, 3.8) is 0 Å². The van der Waals surface area contributed by atoms with Crippen LogP contribution in [0, 0.1) is 10.7 Å². The summed E-state index contributed by atoms with van der Waals surface area (Å²) in [6.07, 6.45) is -2.16. The summed E-state index contributed by atoms with van der Waals surface area (Å²) < 4.78 is 1.36. The first-order valence-corrected chi connectivity index (χ1v) is 11.6. The zero-order chi connectivity index (χ0) is 22.1. The summed E-state index contributed by atoms with van der Waals surface area (Å²) in [6.45, 7) is -1.37. The van der Waals surface area contributed by atoms with E-state index in [2.05, 4.69) is 16.0 Å². The summed E-state index contributed by atoms with van der Waals surface area (Å²) in [4.78, 5) is 25.4. The predicted molar refractivity (Wildman–Crippen MR) is 131 cm³/mol. The number of aliphatic hydroxyl groups excluding tert-OH is 5.